The molecule has 0 aromatic rings. The Labute approximate surface area is 61.0 Å². The topological polar surface area (TPSA) is 32.3 Å². The van der Waals surface area contributed by atoms with Gasteiger partial charge in [0.1, 0.15) is 0 Å². The summed E-state index contributed by atoms with van der Waals surface area (Å²) in [5, 5.41) is 0. The summed E-state index contributed by atoms with van der Waals surface area (Å²) in [6.07, 6.45) is 0.510. The van der Waals surface area contributed by atoms with Crippen molar-refractivity contribution in [1.29, 1.82) is 0 Å². The summed E-state index contributed by atoms with van der Waals surface area (Å²) < 4.78 is 2.25. The number of hydrogen-bond donors (Lipinski definition) is 2. The predicted molar refractivity (Wildman–Crippen MR) is 40.3 cm³/mol. The average molecular weight is 148 g/mol. The van der Waals surface area contributed by atoms with Crippen molar-refractivity contribution in [3.05, 3.63) is 0 Å². The largest absolute Gasteiger partial charge is 0.309 e. The van der Waals surface area contributed by atoms with Crippen LogP contribution in [0.5, 0.6) is 0 Å². The van der Waals surface area contributed by atoms with E-state index in [1.807, 2.05) is 19.0 Å². The van der Waals surface area contributed by atoms with Gasteiger partial charge in [-0.15, -0.1) is 0 Å². The van der Waals surface area contributed by atoms with Gasteiger partial charge in [-0.05, 0) is 14.1 Å². The molecule has 54 valence electrons. The molecular weight excluding hydrogens is 136 g/mol. The summed E-state index contributed by atoms with van der Waals surface area (Å²) in [4.78, 5) is 12.4. The Kier molecular flexibility index (Phi) is 4.53. The zero-order valence-electron chi connectivity index (χ0n) is 5.72. The number of hydrogen-bond acceptors (Lipinski definition) is 3. The molecule has 0 spiro atoms. The van der Waals surface area contributed by atoms with Crippen molar-refractivity contribution in [1.82, 2.24) is 9.62 Å². The fraction of sp³-hybridized carbons (Fsp3) is 0.800. The summed E-state index contributed by atoms with van der Waals surface area (Å²) >= 11 is 3.60. The van der Waals surface area contributed by atoms with Crippen LogP contribution in [0.25, 0.3) is 0 Å². The van der Waals surface area contributed by atoms with Crippen LogP contribution in [0.4, 0.5) is 0 Å². The molecule has 1 N–H and O–H groups in total. The molecule has 4 heteroatoms. The zero-order valence-corrected chi connectivity index (χ0v) is 6.61. The third kappa shape index (κ3) is 5.65. The van der Waals surface area contributed by atoms with Gasteiger partial charge in [-0.2, -0.15) is 0 Å². The fourth-order valence-electron chi connectivity index (χ4n) is 0.381. The highest BCUT2D eigenvalue weighted by molar-refractivity contribution is 7.78. The Morgan fingerprint density at radius 2 is 2.22 bits per heavy atom. The molecule has 0 aromatic carbocycles. The molecule has 0 aromatic heterocycles. The number of nitrogens with one attached hydrogen (secondary N) is 1. The lowest BCUT2D eigenvalue weighted by Crippen LogP contribution is -2.21. The molecule has 0 saturated carbocycles. The van der Waals surface area contributed by atoms with Crippen LogP contribution in [0.15, 0.2) is 0 Å². The number of amides is 1. The maximum Gasteiger partial charge on any atom is 0.230 e. The molecule has 0 aliphatic carbocycles. The van der Waals surface area contributed by atoms with Gasteiger partial charge in [-0.1, -0.05) is 12.8 Å². The minimum atomic E-state index is -0.0352. The van der Waals surface area contributed by atoms with Gasteiger partial charge in [0.15, 0.2) is 0 Å². The van der Waals surface area contributed by atoms with Crippen molar-refractivity contribution < 1.29 is 4.79 Å². The number of nitrogens with zero attached hydrogens (tertiary/aromatic N) is 1. The summed E-state index contributed by atoms with van der Waals surface area (Å²) in [5.41, 5.74) is 0. The first kappa shape index (κ1) is 8.78. The summed E-state index contributed by atoms with van der Waals surface area (Å²) in [7, 11) is 3.84. The molecule has 0 unspecified atom stereocenters. The van der Waals surface area contributed by atoms with Crippen LogP contribution in [0.1, 0.15) is 6.42 Å². The average Bonchev–Trinajstić information content (AvgIpc) is 1.83. The third-order valence-electron chi connectivity index (χ3n) is 0.911. The first-order valence-corrected chi connectivity index (χ1v) is 3.19. The van der Waals surface area contributed by atoms with Crippen LogP contribution in [0, 0.1) is 0 Å². The van der Waals surface area contributed by atoms with Crippen LogP contribution in [0.2, 0.25) is 0 Å². The van der Waals surface area contributed by atoms with Crippen LogP contribution in [-0.2, 0) is 4.79 Å². The van der Waals surface area contributed by atoms with Crippen LogP contribution >= 0.6 is 12.8 Å². The van der Waals surface area contributed by atoms with Gasteiger partial charge in [0, 0.05) is 13.0 Å². The van der Waals surface area contributed by atoms with Crippen LogP contribution in [0.3, 0.4) is 0 Å². The summed E-state index contributed by atoms with van der Waals surface area (Å²) in [6, 6.07) is 0. The molecule has 0 aliphatic rings. The monoisotopic (exact) mass is 148 g/mol. The Morgan fingerprint density at radius 1 is 1.67 bits per heavy atom. The lowest BCUT2D eigenvalue weighted by molar-refractivity contribution is -0.119. The quantitative estimate of drug-likeness (QED) is 0.548. The summed E-state index contributed by atoms with van der Waals surface area (Å²) in [6.45, 7) is 0.770. The fourth-order valence-corrected chi connectivity index (χ4v) is 0.493. The van der Waals surface area contributed by atoms with E-state index in [2.05, 4.69) is 17.5 Å². The summed E-state index contributed by atoms with van der Waals surface area (Å²) in [5.74, 6) is -0.0352. The van der Waals surface area contributed by atoms with Gasteiger partial charge in [-0.25, -0.2) is 0 Å². The first-order chi connectivity index (χ1) is 4.16. The van der Waals surface area contributed by atoms with E-state index < -0.39 is 0 Å². The predicted octanol–water partition coefficient (Wildman–Crippen LogP) is -0.101. The van der Waals surface area contributed by atoms with Crippen LogP contribution < -0.4 is 4.72 Å². The number of rotatable bonds is 3. The highest BCUT2D eigenvalue weighted by Gasteiger charge is 1.97. The van der Waals surface area contributed by atoms with E-state index in [9.17, 15) is 4.79 Å². The van der Waals surface area contributed by atoms with E-state index in [0.717, 1.165) is 6.54 Å². The molecule has 9 heavy (non-hydrogen) atoms. The Morgan fingerprint density at radius 3 is 2.56 bits per heavy atom. The van der Waals surface area contributed by atoms with Gasteiger partial charge in [0.2, 0.25) is 5.91 Å². The molecule has 0 bridgehead atoms. The zero-order chi connectivity index (χ0) is 7.28. The Hall–Kier alpha value is -0.220. The first-order valence-electron chi connectivity index (χ1n) is 2.74. The highest BCUT2D eigenvalue weighted by Crippen LogP contribution is 1.82. The Bertz CT molecular complexity index is 95.0. The number of carbonyl (C=O) groups is 1. The number of carbonyl (C=O) groups excluding carboxylic acids is 1. The molecule has 0 rings (SSSR count). The van der Waals surface area contributed by atoms with Gasteiger partial charge >= 0.3 is 0 Å². The SMILES string of the molecule is CN(C)CCC(=O)NS. The van der Waals surface area contributed by atoms with Crippen molar-refractivity contribution in [2.45, 2.75) is 6.42 Å². The van der Waals surface area contributed by atoms with Gasteiger partial charge < -0.3 is 9.62 Å². The normalized spacial score (nSPS) is 9.78. The van der Waals surface area contributed by atoms with E-state index in [0.29, 0.717) is 6.42 Å². The van der Waals surface area contributed by atoms with Gasteiger partial charge in [0.05, 0.1) is 0 Å². The van der Waals surface area contributed by atoms with E-state index in [1.54, 1.807) is 0 Å². The second-order valence-corrected chi connectivity index (χ2v) is 2.31. The van der Waals surface area contributed by atoms with Gasteiger partial charge in [-0.3, -0.25) is 4.79 Å². The van der Waals surface area contributed by atoms with Crippen LogP contribution in [-0.4, -0.2) is 31.4 Å². The minimum Gasteiger partial charge on any atom is -0.309 e. The van der Waals surface area contributed by atoms with E-state index in [1.165, 1.54) is 0 Å². The molecule has 0 saturated heterocycles. The van der Waals surface area contributed by atoms with Crippen molar-refractivity contribution >= 4 is 18.7 Å². The smallest absolute Gasteiger partial charge is 0.230 e. The van der Waals surface area contributed by atoms with E-state index >= 15 is 0 Å². The standard InChI is InChI=1S/C5H12N2OS/c1-7(2)4-3-5(8)6-9/h9H,3-4H2,1-2H3,(H,6,8). The van der Waals surface area contributed by atoms with E-state index in [-0.39, 0.29) is 5.91 Å². The molecule has 0 radical (unpaired) electrons. The van der Waals surface area contributed by atoms with Crippen molar-refractivity contribution in [2.75, 3.05) is 20.6 Å². The highest BCUT2D eigenvalue weighted by atomic mass is 32.1. The second-order valence-electron chi connectivity index (χ2n) is 2.09. The molecule has 0 aliphatic heterocycles. The minimum absolute atomic E-state index is 0.0352. The molecular formula is C5H12N2OS. The molecule has 0 heterocycles. The molecule has 3 nitrogen and oxygen atoms in total. The van der Waals surface area contributed by atoms with Crippen molar-refractivity contribution in [3.63, 3.8) is 0 Å². The molecule has 0 atom stereocenters. The molecule has 0 fully saturated rings. The lowest BCUT2D eigenvalue weighted by Gasteiger charge is -2.06. The second kappa shape index (κ2) is 4.64. The van der Waals surface area contributed by atoms with E-state index in [4.69, 9.17) is 0 Å². The maximum absolute atomic E-state index is 10.5. The molecule has 1 amide bonds. The third-order valence-corrected chi connectivity index (χ3v) is 1.16. The number of thiol groups is 1. The maximum atomic E-state index is 10.5. The van der Waals surface area contributed by atoms with Crippen molar-refractivity contribution in [2.24, 2.45) is 0 Å². The van der Waals surface area contributed by atoms with Crippen molar-refractivity contribution in [3.8, 4) is 0 Å². The van der Waals surface area contributed by atoms with Gasteiger partial charge in [0.25, 0.3) is 0 Å². The lowest BCUT2D eigenvalue weighted by atomic mass is 10.4. The Balaban J connectivity index is 3.17.